The third-order valence-corrected chi connectivity index (χ3v) is 3.98. The molecule has 6 atom stereocenters. The van der Waals surface area contributed by atoms with Gasteiger partial charge in [0.05, 0.1) is 24.0 Å². The molecular formula is C9H16NO7S-. The van der Waals surface area contributed by atoms with Crippen LogP contribution in [0.1, 0.15) is 0 Å². The number of carbonyl (C=O) groups is 1. The zero-order valence-electron chi connectivity index (χ0n) is 9.34. The summed E-state index contributed by atoms with van der Waals surface area (Å²) < 4.78 is 0. The Bertz CT molecular complexity index is 292. The zero-order chi connectivity index (χ0) is 13.9. The second-order valence-corrected chi connectivity index (χ2v) is 5.19. The molecule has 0 aromatic rings. The molecule has 0 bridgehead atoms. The Balaban J connectivity index is 2.54. The molecule has 8 nitrogen and oxygen atoms in total. The van der Waals surface area contributed by atoms with Gasteiger partial charge in [-0.05, 0) is 0 Å². The van der Waals surface area contributed by atoms with Gasteiger partial charge in [-0.2, -0.15) is 0 Å². The van der Waals surface area contributed by atoms with E-state index < -0.39 is 48.4 Å². The maximum absolute atomic E-state index is 10.6. The molecule has 6 N–H and O–H groups in total. The maximum atomic E-state index is 10.6. The number of hydrogen-bond acceptors (Lipinski definition) is 9. The first-order valence-corrected chi connectivity index (χ1v) is 6.35. The van der Waals surface area contributed by atoms with Crippen LogP contribution < -0.4 is 10.4 Å². The van der Waals surface area contributed by atoms with Crippen molar-refractivity contribution in [1.82, 2.24) is 5.32 Å². The van der Waals surface area contributed by atoms with Crippen LogP contribution in [0.5, 0.6) is 0 Å². The van der Waals surface area contributed by atoms with E-state index >= 15 is 0 Å². The van der Waals surface area contributed by atoms with Gasteiger partial charge in [-0.15, -0.1) is 11.8 Å². The quantitative estimate of drug-likeness (QED) is 0.282. The summed E-state index contributed by atoms with van der Waals surface area (Å²) in [7, 11) is 0. The minimum atomic E-state index is -1.73. The summed E-state index contributed by atoms with van der Waals surface area (Å²) >= 11 is 1.05. The number of nitrogens with one attached hydrogen (secondary N) is 1. The Labute approximate surface area is 107 Å². The first-order chi connectivity index (χ1) is 8.38. The number of thioether (sulfide) groups is 1. The molecule has 9 heteroatoms. The number of carboxylic acid groups (broad SMARTS) is 1. The monoisotopic (exact) mass is 282 g/mol. The van der Waals surface area contributed by atoms with Gasteiger partial charge in [0.1, 0.15) is 24.4 Å². The smallest absolute Gasteiger partial charge is 0.111 e. The molecule has 1 aliphatic heterocycles. The average molecular weight is 282 g/mol. The van der Waals surface area contributed by atoms with Gasteiger partial charge in [-0.3, -0.25) is 5.32 Å². The van der Waals surface area contributed by atoms with Crippen molar-refractivity contribution in [2.24, 2.45) is 0 Å². The van der Waals surface area contributed by atoms with Crippen molar-refractivity contribution < 1.29 is 35.4 Å². The number of hydrogen-bond donors (Lipinski definition) is 6. The van der Waals surface area contributed by atoms with Crippen molar-refractivity contribution in [2.75, 3.05) is 12.4 Å². The zero-order valence-corrected chi connectivity index (χ0v) is 10.2. The molecule has 1 saturated heterocycles. The maximum Gasteiger partial charge on any atom is 0.111 e. The van der Waals surface area contributed by atoms with Crippen molar-refractivity contribution in [2.45, 2.75) is 35.8 Å². The normalized spacial score (nSPS) is 30.7. The molecule has 0 radical (unpaired) electrons. The summed E-state index contributed by atoms with van der Waals surface area (Å²) in [6.07, 6.45) is -6.51. The van der Waals surface area contributed by atoms with Crippen LogP contribution in [0.2, 0.25) is 0 Å². The highest BCUT2D eigenvalue weighted by Crippen LogP contribution is 2.24. The Hall–Kier alpha value is -0.420. The fourth-order valence-corrected chi connectivity index (χ4v) is 2.80. The molecule has 0 aliphatic carbocycles. The van der Waals surface area contributed by atoms with E-state index in [9.17, 15) is 25.2 Å². The van der Waals surface area contributed by atoms with Crippen LogP contribution in [0.3, 0.4) is 0 Å². The van der Waals surface area contributed by atoms with E-state index in [4.69, 9.17) is 10.2 Å². The molecule has 18 heavy (non-hydrogen) atoms. The van der Waals surface area contributed by atoms with Crippen molar-refractivity contribution in [1.29, 1.82) is 0 Å². The van der Waals surface area contributed by atoms with Crippen molar-refractivity contribution in [3.8, 4) is 0 Å². The van der Waals surface area contributed by atoms with Gasteiger partial charge in [0, 0.05) is 5.75 Å². The summed E-state index contributed by atoms with van der Waals surface area (Å²) in [6, 6.07) is -0.943. The standard InChI is InChI=1S/C9H17NO7S/c11-1-4(12)5(13)6(14)7(15)8-10-3(2-18-8)9(16)17/h3-8,10-15H,1-2H2,(H,16,17)/p-1/t3?,4-,5-,6+,7-,8?/m1/s1. The van der Waals surface area contributed by atoms with Gasteiger partial charge < -0.3 is 35.4 Å². The van der Waals surface area contributed by atoms with Crippen LogP contribution in [-0.4, -0.2) is 79.7 Å². The number of aliphatic hydroxyl groups excluding tert-OH is 5. The molecule has 1 aliphatic rings. The van der Waals surface area contributed by atoms with Gasteiger partial charge in [-0.25, -0.2) is 0 Å². The molecule has 0 aromatic carbocycles. The molecule has 106 valence electrons. The lowest BCUT2D eigenvalue weighted by Crippen LogP contribution is -2.54. The van der Waals surface area contributed by atoms with Gasteiger partial charge >= 0.3 is 0 Å². The molecule has 0 amide bonds. The van der Waals surface area contributed by atoms with E-state index in [0.29, 0.717) is 0 Å². The van der Waals surface area contributed by atoms with E-state index in [0.717, 1.165) is 11.8 Å². The Kier molecular flexibility index (Phi) is 5.79. The van der Waals surface area contributed by atoms with Crippen LogP contribution in [0, 0.1) is 0 Å². The minimum Gasteiger partial charge on any atom is -0.548 e. The molecule has 2 unspecified atom stereocenters. The van der Waals surface area contributed by atoms with Gasteiger partial charge in [0.25, 0.3) is 0 Å². The number of rotatable bonds is 6. The van der Waals surface area contributed by atoms with Crippen LogP contribution >= 0.6 is 11.8 Å². The third kappa shape index (κ3) is 3.54. The van der Waals surface area contributed by atoms with E-state index in [2.05, 4.69) is 5.32 Å². The lowest BCUT2D eigenvalue weighted by atomic mass is 10.0. The molecule has 0 spiro atoms. The second-order valence-electron chi connectivity index (χ2n) is 4.01. The van der Waals surface area contributed by atoms with Gasteiger partial charge in [-0.1, -0.05) is 0 Å². The Morgan fingerprint density at radius 3 is 2.39 bits per heavy atom. The number of carboxylic acids is 1. The molecule has 1 heterocycles. The SMILES string of the molecule is O=C([O-])C1CSC([C@H](O)[C@@H](O)[C@H](O)[C@H](O)CO)N1. The summed E-state index contributed by atoms with van der Waals surface area (Å²) in [5.41, 5.74) is 0. The lowest BCUT2D eigenvalue weighted by molar-refractivity contribution is -0.307. The van der Waals surface area contributed by atoms with E-state index in [1.54, 1.807) is 0 Å². The fraction of sp³-hybridized carbons (Fsp3) is 0.889. The van der Waals surface area contributed by atoms with Crippen molar-refractivity contribution in [3.63, 3.8) is 0 Å². The Morgan fingerprint density at radius 1 is 1.33 bits per heavy atom. The van der Waals surface area contributed by atoms with Crippen LogP contribution in [-0.2, 0) is 4.79 Å². The molecule has 1 rings (SSSR count). The first kappa shape index (κ1) is 15.6. The Morgan fingerprint density at radius 2 is 1.94 bits per heavy atom. The van der Waals surface area contributed by atoms with Crippen LogP contribution in [0.4, 0.5) is 0 Å². The van der Waals surface area contributed by atoms with Gasteiger partial charge in [0.15, 0.2) is 0 Å². The summed E-state index contributed by atoms with van der Waals surface area (Å²) in [5, 5.41) is 58.7. The molecule has 1 fully saturated rings. The highest BCUT2D eigenvalue weighted by molar-refractivity contribution is 8.00. The summed E-state index contributed by atoms with van der Waals surface area (Å²) in [6.45, 7) is -0.766. The molecule has 0 saturated carbocycles. The summed E-state index contributed by atoms with van der Waals surface area (Å²) in [5.74, 6) is -1.15. The lowest BCUT2D eigenvalue weighted by Gasteiger charge is -2.29. The summed E-state index contributed by atoms with van der Waals surface area (Å²) in [4.78, 5) is 10.6. The number of aliphatic carboxylic acids is 1. The van der Waals surface area contributed by atoms with Crippen molar-refractivity contribution >= 4 is 17.7 Å². The van der Waals surface area contributed by atoms with E-state index in [1.165, 1.54) is 0 Å². The van der Waals surface area contributed by atoms with E-state index in [-0.39, 0.29) is 5.75 Å². The van der Waals surface area contributed by atoms with Crippen LogP contribution in [0.15, 0.2) is 0 Å². The largest absolute Gasteiger partial charge is 0.548 e. The van der Waals surface area contributed by atoms with Crippen LogP contribution in [0.25, 0.3) is 0 Å². The fourth-order valence-electron chi connectivity index (χ4n) is 1.54. The highest BCUT2D eigenvalue weighted by atomic mass is 32.2. The van der Waals surface area contributed by atoms with Crippen molar-refractivity contribution in [3.05, 3.63) is 0 Å². The molecule has 0 aromatic heterocycles. The van der Waals surface area contributed by atoms with Gasteiger partial charge in [0.2, 0.25) is 0 Å². The highest BCUT2D eigenvalue weighted by Gasteiger charge is 2.38. The number of aliphatic hydroxyl groups is 5. The predicted octanol–water partition coefficient (Wildman–Crippen LogP) is -4.80. The first-order valence-electron chi connectivity index (χ1n) is 5.30. The number of carbonyl (C=O) groups excluding carboxylic acids is 1. The predicted molar refractivity (Wildman–Crippen MR) is 59.3 cm³/mol. The van der Waals surface area contributed by atoms with E-state index in [1.807, 2.05) is 0 Å². The third-order valence-electron chi connectivity index (χ3n) is 2.68. The minimum absolute atomic E-state index is 0.162. The molecular weight excluding hydrogens is 266 g/mol. The second kappa shape index (κ2) is 6.66. The topological polar surface area (TPSA) is 153 Å². The average Bonchev–Trinajstić information content (AvgIpc) is 2.84.